The molecule has 0 saturated carbocycles. The maximum absolute atomic E-state index is 12.8. The smallest absolute Gasteiger partial charge is 0.306 e. The molecule has 0 aliphatic heterocycles. The van der Waals surface area contributed by atoms with E-state index >= 15 is 0 Å². The van der Waals surface area contributed by atoms with Gasteiger partial charge in [-0.05, 0) is 148 Å². The van der Waals surface area contributed by atoms with Crippen LogP contribution in [0.2, 0.25) is 0 Å². The molecule has 0 aliphatic rings. The molecule has 6 heteroatoms. The van der Waals surface area contributed by atoms with E-state index in [1.807, 2.05) is 0 Å². The fourth-order valence-corrected chi connectivity index (χ4v) is 8.24. The quantitative estimate of drug-likeness (QED) is 0.0261. The fourth-order valence-electron chi connectivity index (χ4n) is 8.24. The molecule has 6 nitrogen and oxygen atoms in total. The highest BCUT2D eigenvalue weighted by molar-refractivity contribution is 5.71. The van der Waals surface area contributed by atoms with E-state index in [0.29, 0.717) is 19.3 Å². The molecule has 0 aromatic carbocycles. The van der Waals surface area contributed by atoms with E-state index in [1.165, 1.54) is 12.8 Å². The van der Waals surface area contributed by atoms with Crippen LogP contribution in [0, 0.1) is 0 Å². The van der Waals surface area contributed by atoms with Gasteiger partial charge in [0.15, 0.2) is 6.10 Å². The van der Waals surface area contributed by atoms with Crippen molar-refractivity contribution >= 4 is 17.9 Å². The Hall–Kier alpha value is -5.75. The molecule has 0 aliphatic carbocycles. The Morgan fingerprint density at radius 3 is 0.735 bits per heavy atom. The van der Waals surface area contributed by atoms with Crippen molar-refractivity contribution in [3.8, 4) is 0 Å². The second-order valence-corrected chi connectivity index (χ2v) is 20.9. The second kappa shape index (κ2) is 68.7. The average molecular weight is 1140 g/mol. The van der Waals surface area contributed by atoms with Gasteiger partial charge < -0.3 is 14.2 Å². The molecule has 1 atom stereocenters. The van der Waals surface area contributed by atoms with Crippen LogP contribution in [-0.4, -0.2) is 37.2 Å². The molecule has 0 N–H and O–H groups in total. The summed E-state index contributed by atoms with van der Waals surface area (Å²) in [5, 5.41) is 0. The molecule has 0 bridgehead atoms. The number of hydrogen-bond donors (Lipinski definition) is 0. The van der Waals surface area contributed by atoms with Crippen molar-refractivity contribution in [2.45, 2.75) is 258 Å². The number of rotatable bonds is 57. The van der Waals surface area contributed by atoms with Crippen LogP contribution in [0.3, 0.4) is 0 Å². The summed E-state index contributed by atoms with van der Waals surface area (Å²) in [5.41, 5.74) is 0. The third-order valence-corrected chi connectivity index (χ3v) is 13.1. The van der Waals surface area contributed by atoms with Gasteiger partial charge in [-0.1, -0.05) is 279 Å². The van der Waals surface area contributed by atoms with Crippen molar-refractivity contribution in [2.24, 2.45) is 0 Å². The van der Waals surface area contributed by atoms with Crippen LogP contribution in [0.4, 0.5) is 0 Å². The fraction of sp³-hybridized carbons (Fsp3) is 0.545. The molecule has 0 fully saturated rings. The molecule has 83 heavy (non-hydrogen) atoms. The molecule has 0 spiro atoms. The molecular weight excluding hydrogens is 1020 g/mol. The van der Waals surface area contributed by atoms with Crippen molar-refractivity contribution in [1.82, 2.24) is 0 Å². The number of unbranched alkanes of at least 4 members (excludes halogenated alkanes) is 14. The zero-order chi connectivity index (χ0) is 59.9. The van der Waals surface area contributed by atoms with Crippen LogP contribution in [0.15, 0.2) is 194 Å². The van der Waals surface area contributed by atoms with Crippen molar-refractivity contribution in [3.63, 3.8) is 0 Å². The van der Waals surface area contributed by atoms with Gasteiger partial charge in [0.2, 0.25) is 0 Å². The Morgan fingerprint density at radius 1 is 0.253 bits per heavy atom. The zero-order valence-electron chi connectivity index (χ0n) is 52.9. The first-order valence-electron chi connectivity index (χ1n) is 32.9. The molecule has 0 heterocycles. The largest absolute Gasteiger partial charge is 0.462 e. The molecule has 0 amide bonds. The van der Waals surface area contributed by atoms with Crippen LogP contribution in [0.25, 0.3) is 0 Å². The molecule has 0 rings (SSSR count). The summed E-state index contributed by atoms with van der Waals surface area (Å²) in [4.78, 5) is 38.0. The number of allylic oxidation sites excluding steroid dienone is 32. The van der Waals surface area contributed by atoms with Gasteiger partial charge in [-0.15, -0.1) is 0 Å². The number of carbonyl (C=O) groups excluding carboxylic acids is 3. The monoisotopic (exact) mass is 1140 g/mol. The minimum absolute atomic E-state index is 0.102. The Labute approximate surface area is 509 Å². The average Bonchev–Trinajstić information content (AvgIpc) is 3.49. The van der Waals surface area contributed by atoms with E-state index in [2.05, 4.69) is 215 Å². The lowest BCUT2D eigenvalue weighted by molar-refractivity contribution is -0.167. The Balaban J connectivity index is 4.19. The van der Waals surface area contributed by atoms with Crippen LogP contribution in [0.5, 0.6) is 0 Å². The van der Waals surface area contributed by atoms with E-state index in [-0.39, 0.29) is 31.1 Å². The van der Waals surface area contributed by atoms with Crippen molar-refractivity contribution in [1.29, 1.82) is 0 Å². The first-order valence-corrected chi connectivity index (χ1v) is 32.9. The van der Waals surface area contributed by atoms with Crippen LogP contribution >= 0.6 is 0 Å². The molecule has 462 valence electrons. The van der Waals surface area contributed by atoms with Crippen molar-refractivity contribution in [2.75, 3.05) is 13.2 Å². The van der Waals surface area contributed by atoms with Gasteiger partial charge >= 0.3 is 17.9 Å². The molecule has 0 radical (unpaired) electrons. The highest BCUT2D eigenvalue weighted by Crippen LogP contribution is 2.13. The van der Waals surface area contributed by atoms with Gasteiger partial charge in [0.05, 0.1) is 0 Å². The number of ether oxygens (including phenoxy) is 3. The highest BCUT2D eigenvalue weighted by atomic mass is 16.6. The van der Waals surface area contributed by atoms with E-state index in [1.54, 1.807) is 0 Å². The van der Waals surface area contributed by atoms with Crippen LogP contribution in [-0.2, 0) is 28.6 Å². The highest BCUT2D eigenvalue weighted by Gasteiger charge is 2.19. The number of carbonyl (C=O) groups is 3. The Kier molecular flexibility index (Phi) is 64.0. The molecular formula is C77H118O6. The van der Waals surface area contributed by atoms with Crippen molar-refractivity contribution < 1.29 is 28.6 Å². The summed E-state index contributed by atoms with van der Waals surface area (Å²) in [7, 11) is 0. The van der Waals surface area contributed by atoms with Crippen LogP contribution in [0.1, 0.15) is 252 Å². The predicted octanol–water partition coefficient (Wildman–Crippen LogP) is 23.0. The zero-order valence-corrected chi connectivity index (χ0v) is 52.9. The first-order chi connectivity index (χ1) is 41.0. The van der Waals surface area contributed by atoms with Gasteiger partial charge in [0.25, 0.3) is 0 Å². The standard InChI is InChI=1S/C77H118O6/c1-4-7-10-13-15-17-19-21-23-25-27-29-31-33-34-35-36-37-38-39-40-41-42-44-45-47-49-51-53-55-57-59-61-64-67-70-76(79)82-73-74(72-81-75(78)69-66-63-12-9-6-3)83-77(80)71-68-65-62-60-58-56-54-52-50-48-46-43-32-30-28-26-24-22-20-18-16-14-11-8-5-2/h7-8,10-11,15-18,21-24,27-30,33-34,36-37,39-40,42-44,46-47,49-50,52-53,55,74H,4-6,9,12-14,19-20,25-26,31-32,35,38,41,45,48,51,54,56-73H2,1-3H3/b10-7-,11-8-,17-15-,18-16-,23-21-,24-22-,29-27-,30-28-,34-33-,37-36-,40-39-,44-42-,46-43-,49-47-,52-50-,55-53-. The summed E-state index contributed by atoms with van der Waals surface area (Å²) < 4.78 is 16.7. The lowest BCUT2D eigenvalue weighted by Crippen LogP contribution is -2.30. The van der Waals surface area contributed by atoms with Gasteiger partial charge in [-0.2, -0.15) is 0 Å². The van der Waals surface area contributed by atoms with Gasteiger partial charge in [0, 0.05) is 19.3 Å². The lowest BCUT2D eigenvalue weighted by atomic mass is 10.1. The summed E-state index contributed by atoms with van der Waals surface area (Å²) in [5.74, 6) is -0.967. The van der Waals surface area contributed by atoms with Gasteiger partial charge in [-0.25, -0.2) is 0 Å². The molecule has 0 aromatic heterocycles. The number of hydrogen-bond acceptors (Lipinski definition) is 6. The number of esters is 3. The summed E-state index contributed by atoms with van der Waals surface area (Å²) in [6.45, 7) is 6.27. The van der Waals surface area contributed by atoms with E-state index in [9.17, 15) is 14.4 Å². The molecule has 1 unspecified atom stereocenters. The predicted molar refractivity (Wildman–Crippen MR) is 361 cm³/mol. The first kappa shape index (κ1) is 77.2. The topological polar surface area (TPSA) is 78.9 Å². The van der Waals surface area contributed by atoms with E-state index in [0.717, 1.165) is 199 Å². The minimum atomic E-state index is -0.805. The van der Waals surface area contributed by atoms with Gasteiger partial charge in [0.1, 0.15) is 13.2 Å². The Bertz CT molecular complexity index is 1990. The summed E-state index contributed by atoms with van der Waals surface area (Å²) in [6, 6.07) is 0. The summed E-state index contributed by atoms with van der Waals surface area (Å²) >= 11 is 0. The third-order valence-electron chi connectivity index (χ3n) is 13.1. The van der Waals surface area contributed by atoms with Crippen molar-refractivity contribution in [3.05, 3.63) is 194 Å². The van der Waals surface area contributed by atoms with Gasteiger partial charge in [-0.3, -0.25) is 14.4 Å². The minimum Gasteiger partial charge on any atom is -0.462 e. The third kappa shape index (κ3) is 66.9. The van der Waals surface area contributed by atoms with E-state index < -0.39 is 6.10 Å². The SMILES string of the molecule is CC/C=C\C/C=C\C/C=C\C/C=C\C/C=C\C/C=C\C/C=C\C/C=C\C/C=C\C/C=C\CCCCCCC(=O)OCC(COC(=O)CCCCCCC)OC(=O)CCCCCCCC/C=C\C/C=C\C/C=C\C/C=C\C/C=C\C/C=C\CC. The maximum atomic E-state index is 12.8. The second-order valence-electron chi connectivity index (χ2n) is 20.9. The summed E-state index contributed by atoms with van der Waals surface area (Å²) in [6.07, 6.45) is 105. The normalized spacial score (nSPS) is 13.4. The lowest BCUT2D eigenvalue weighted by Gasteiger charge is -2.18. The molecule has 0 aromatic rings. The van der Waals surface area contributed by atoms with E-state index in [4.69, 9.17) is 14.2 Å². The van der Waals surface area contributed by atoms with Crippen LogP contribution < -0.4 is 0 Å². The molecule has 0 saturated heterocycles. The maximum Gasteiger partial charge on any atom is 0.306 e. The Morgan fingerprint density at radius 2 is 0.470 bits per heavy atom.